The molecule has 6 rings (SSSR count). The summed E-state index contributed by atoms with van der Waals surface area (Å²) in [6.45, 7) is 1.88. The zero-order valence-electron chi connectivity index (χ0n) is 29.6. The summed E-state index contributed by atoms with van der Waals surface area (Å²) < 4.78 is 80.0. The van der Waals surface area contributed by atoms with Gasteiger partial charge in [0, 0.05) is 23.1 Å². The number of imidazole rings is 1. The lowest BCUT2D eigenvalue weighted by molar-refractivity contribution is 0.125. The van der Waals surface area contributed by atoms with E-state index in [1.165, 1.54) is 12.5 Å². The van der Waals surface area contributed by atoms with Gasteiger partial charge in [0.2, 0.25) is 0 Å². The molecule has 1 aliphatic carbocycles. The highest BCUT2D eigenvalue weighted by atomic mass is 15.0. The van der Waals surface area contributed by atoms with Crippen molar-refractivity contribution < 1.29 is 12.3 Å². The van der Waals surface area contributed by atoms with Gasteiger partial charge in [-0.05, 0) is 68.0 Å². The lowest BCUT2D eigenvalue weighted by Gasteiger charge is -2.44. The molecule has 0 bridgehead atoms. The molecule has 1 unspecified atom stereocenters. The Balaban J connectivity index is 1.85. The fourth-order valence-corrected chi connectivity index (χ4v) is 5.71. The molecule has 1 aliphatic rings. The van der Waals surface area contributed by atoms with Gasteiger partial charge in [-0.1, -0.05) is 92.4 Å². The Morgan fingerprint density at radius 1 is 0.765 bits per heavy atom. The van der Waals surface area contributed by atoms with E-state index in [2.05, 4.69) is 45.0 Å². The number of hydrogen-bond acceptors (Lipinski definition) is 1. The summed E-state index contributed by atoms with van der Waals surface area (Å²) >= 11 is 0. The van der Waals surface area contributed by atoms with Gasteiger partial charge in [-0.3, -0.25) is 4.40 Å². The lowest BCUT2D eigenvalue weighted by Crippen LogP contribution is -2.42. The quantitative estimate of drug-likeness (QED) is 0.213. The molecule has 0 saturated carbocycles. The average molecular weight is 458 g/mol. The highest BCUT2D eigenvalue weighted by molar-refractivity contribution is 6.14. The zero-order valence-corrected chi connectivity index (χ0v) is 20.6. The van der Waals surface area contributed by atoms with Gasteiger partial charge in [0.05, 0.1) is 16.6 Å². The van der Waals surface area contributed by atoms with Crippen LogP contribution in [-0.4, -0.2) is 9.38 Å². The monoisotopic (exact) mass is 457 g/mol. The maximum absolute atomic E-state index is 8.68. The number of rotatable bonds is 0. The maximum Gasteiger partial charge on any atom is 0.146 e. The number of benzene rings is 3. The molecule has 2 nitrogen and oxygen atoms in total. The summed E-state index contributed by atoms with van der Waals surface area (Å²) in [5.41, 5.74) is -2.05. The Morgan fingerprint density at radius 2 is 1.47 bits per heavy atom. The normalized spacial score (nSPS) is 26.7. The van der Waals surface area contributed by atoms with E-state index in [9.17, 15) is 0 Å². The average Bonchev–Trinajstić information content (AvgIpc) is 3.31. The number of hydrogen-bond donors (Lipinski definition) is 0. The van der Waals surface area contributed by atoms with Crippen molar-refractivity contribution in [3.63, 3.8) is 0 Å². The summed E-state index contributed by atoms with van der Waals surface area (Å²) in [6, 6.07) is 17.7. The Morgan fingerprint density at radius 3 is 2.15 bits per heavy atom. The van der Waals surface area contributed by atoms with Gasteiger partial charge >= 0.3 is 0 Å². The van der Waals surface area contributed by atoms with Crippen molar-refractivity contribution in [1.29, 1.82) is 0 Å². The van der Waals surface area contributed by atoms with Gasteiger partial charge in [-0.25, -0.2) is 4.98 Å². The third kappa shape index (κ3) is 2.44. The number of aromatic nitrogens is 2. The minimum Gasteiger partial charge on any atom is -0.292 e. The first-order valence-electron chi connectivity index (χ1n) is 16.3. The van der Waals surface area contributed by atoms with E-state index in [1.807, 2.05) is 22.6 Å². The Hall–Kier alpha value is -2.87. The minimum absolute atomic E-state index is 0.00987. The molecule has 0 amide bonds. The first kappa shape index (κ1) is 13.9. The van der Waals surface area contributed by atoms with Crippen LogP contribution >= 0.6 is 0 Å². The first-order valence-corrected chi connectivity index (χ1v) is 11.8. The lowest BCUT2D eigenvalue weighted by atomic mass is 9.59. The van der Waals surface area contributed by atoms with Gasteiger partial charge in [-0.15, -0.1) is 0 Å². The van der Waals surface area contributed by atoms with Crippen LogP contribution < -0.4 is 0 Å². The summed E-state index contributed by atoms with van der Waals surface area (Å²) in [7, 11) is 0. The van der Waals surface area contributed by atoms with Crippen LogP contribution in [0, 0.1) is 5.41 Å². The molecule has 34 heavy (non-hydrogen) atoms. The van der Waals surface area contributed by atoms with Gasteiger partial charge in [0.1, 0.15) is 5.65 Å². The molecule has 0 fully saturated rings. The topological polar surface area (TPSA) is 17.3 Å². The van der Waals surface area contributed by atoms with E-state index in [4.69, 9.17) is 17.3 Å². The summed E-state index contributed by atoms with van der Waals surface area (Å²) in [5.74, 6) is 0. The molecule has 1 atom stereocenters. The van der Waals surface area contributed by atoms with Crippen LogP contribution in [0.2, 0.25) is 0 Å². The molecule has 2 heterocycles. The van der Waals surface area contributed by atoms with E-state index in [0.717, 1.165) is 21.7 Å². The third-order valence-corrected chi connectivity index (χ3v) is 8.43. The van der Waals surface area contributed by atoms with Crippen molar-refractivity contribution in [2.45, 2.75) is 78.3 Å². The Labute approximate surface area is 215 Å². The molecular formula is C32H36N2. The smallest absolute Gasteiger partial charge is 0.146 e. The first-order chi connectivity index (χ1) is 19.5. The number of pyridine rings is 1. The van der Waals surface area contributed by atoms with Gasteiger partial charge in [0.25, 0.3) is 0 Å². The SMILES string of the molecule is [2H]C([2H])([2H])C1(C)C(C)(C)c2cc3c(cc2C1(C([2H])([2H])[2H])C([2H])([2H])[2H])nc1c2ccccc2c2cc(C(C)(C)C)ccc2n31. The van der Waals surface area contributed by atoms with Crippen LogP contribution in [0.1, 0.15) is 91.1 Å². The Kier molecular flexibility index (Phi) is 2.54. The molecule has 0 saturated heterocycles. The van der Waals surface area contributed by atoms with Crippen LogP contribution in [0.3, 0.4) is 0 Å². The number of nitrogens with zero attached hydrogens (tertiary/aromatic N) is 2. The van der Waals surface area contributed by atoms with Crippen LogP contribution in [0.4, 0.5) is 0 Å². The van der Waals surface area contributed by atoms with E-state index < -0.39 is 36.8 Å². The molecular weight excluding hydrogens is 412 g/mol. The molecule has 2 aromatic heterocycles. The second kappa shape index (κ2) is 6.22. The number of fused-ring (bicyclic) bond motifs is 9. The second-order valence-electron chi connectivity index (χ2n) is 11.7. The van der Waals surface area contributed by atoms with Crippen molar-refractivity contribution >= 4 is 38.4 Å². The minimum atomic E-state index is -3.17. The summed E-state index contributed by atoms with van der Waals surface area (Å²) in [5, 5.41) is 2.96. The molecule has 0 N–H and O–H groups in total. The van der Waals surface area contributed by atoms with Crippen molar-refractivity contribution in [2.24, 2.45) is 5.41 Å². The highest BCUT2D eigenvalue weighted by Gasteiger charge is 2.56. The van der Waals surface area contributed by atoms with Crippen LogP contribution in [0.5, 0.6) is 0 Å². The van der Waals surface area contributed by atoms with Crippen molar-refractivity contribution in [3.8, 4) is 0 Å². The van der Waals surface area contributed by atoms with E-state index in [0.29, 0.717) is 22.2 Å². The Bertz CT molecular complexity index is 1950. The fourth-order valence-electron chi connectivity index (χ4n) is 5.71. The largest absolute Gasteiger partial charge is 0.292 e. The molecule has 5 aromatic rings. The third-order valence-electron chi connectivity index (χ3n) is 8.43. The molecule has 0 aliphatic heterocycles. The van der Waals surface area contributed by atoms with Crippen molar-refractivity contribution in [2.75, 3.05) is 0 Å². The predicted molar refractivity (Wildman–Crippen MR) is 146 cm³/mol. The van der Waals surface area contributed by atoms with Crippen molar-refractivity contribution in [3.05, 3.63) is 71.3 Å². The standard InChI is InChI=1S/C32H36N2/c1-29(2,3)19-14-15-26-22(16-19)20-12-10-11-13-21(20)28-33-25-17-23-24(18-27(25)34(26)28)31(6,7)32(8,9)30(23,4)5/h10-18H,1-9H3/i4D3,5D3,8D3. The predicted octanol–water partition coefficient (Wildman–Crippen LogP) is 8.69. The maximum atomic E-state index is 8.68. The summed E-state index contributed by atoms with van der Waals surface area (Å²) in [4.78, 5) is 4.98. The fraction of sp³-hybridized carbons (Fsp3) is 0.406. The van der Waals surface area contributed by atoms with Gasteiger partial charge < -0.3 is 0 Å². The second-order valence-corrected chi connectivity index (χ2v) is 11.7. The highest BCUT2D eigenvalue weighted by Crippen LogP contribution is 2.62. The molecule has 3 aromatic carbocycles. The van der Waals surface area contributed by atoms with Gasteiger partial charge in [-0.2, -0.15) is 0 Å². The molecule has 174 valence electrons. The zero-order chi connectivity index (χ0) is 31.9. The summed E-state index contributed by atoms with van der Waals surface area (Å²) in [6.07, 6.45) is 0. The van der Waals surface area contributed by atoms with Crippen molar-refractivity contribution in [1.82, 2.24) is 9.38 Å². The van der Waals surface area contributed by atoms with Crippen LogP contribution in [0.15, 0.2) is 54.6 Å². The molecule has 2 heteroatoms. The van der Waals surface area contributed by atoms with Gasteiger partial charge in [0.15, 0.2) is 0 Å². The molecule has 0 spiro atoms. The van der Waals surface area contributed by atoms with E-state index >= 15 is 0 Å². The van der Waals surface area contributed by atoms with E-state index in [-0.39, 0.29) is 11.0 Å². The van der Waals surface area contributed by atoms with Crippen LogP contribution in [0.25, 0.3) is 38.4 Å². The van der Waals surface area contributed by atoms with Crippen LogP contribution in [-0.2, 0) is 16.2 Å². The van der Waals surface area contributed by atoms with E-state index in [1.54, 1.807) is 26.0 Å². The molecule has 0 radical (unpaired) electrons.